The first-order valence-electron chi connectivity index (χ1n) is 7.17. The third-order valence-electron chi connectivity index (χ3n) is 3.86. The van der Waals surface area contributed by atoms with Crippen molar-refractivity contribution in [1.29, 1.82) is 0 Å². The number of amides is 1. The highest BCUT2D eigenvalue weighted by atomic mass is 32.1. The van der Waals surface area contributed by atoms with E-state index >= 15 is 0 Å². The van der Waals surface area contributed by atoms with Crippen molar-refractivity contribution in [2.24, 2.45) is 0 Å². The fourth-order valence-electron chi connectivity index (χ4n) is 2.65. The van der Waals surface area contributed by atoms with Crippen LogP contribution in [0, 0.1) is 0 Å². The summed E-state index contributed by atoms with van der Waals surface area (Å²) in [5.74, 6) is 0.125. The quantitative estimate of drug-likeness (QED) is 0.743. The largest absolute Gasteiger partial charge is 0.463 e. The molecule has 112 valence electrons. The second-order valence-corrected chi connectivity index (χ2v) is 6.20. The van der Waals surface area contributed by atoms with E-state index in [1.54, 1.807) is 6.20 Å². The van der Waals surface area contributed by atoms with Crippen molar-refractivity contribution in [3.63, 3.8) is 0 Å². The van der Waals surface area contributed by atoms with E-state index in [4.69, 9.17) is 4.74 Å². The maximum Gasteiger partial charge on any atom is 0.273 e. The van der Waals surface area contributed by atoms with Gasteiger partial charge in [0.1, 0.15) is 12.6 Å². The summed E-state index contributed by atoms with van der Waals surface area (Å²) in [4.78, 5) is 18.2. The maximum atomic E-state index is 12.3. The number of aromatic nitrogens is 2. The lowest BCUT2D eigenvalue weighted by molar-refractivity contribution is -0.140. The molecular formula is C16H15N3O2S. The van der Waals surface area contributed by atoms with Crippen LogP contribution in [0.15, 0.2) is 48.1 Å². The Morgan fingerprint density at radius 2 is 2.18 bits per heavy atom. The Kier molecular flexibility index (Phi) is 3.31. The highest BCUT2D eigenvalue weighted by Gasteiger charge is 2.32. The molecule has 0 bridgehead atoms. The van der Waals surface area contributed by atoms with Gasteiger partial charge in [0.2, 0.25) is 5.91 Å². The Balaban J connectivity index is 1.36. The van der Waals surface area contributed by atoms with Crippen molar-refractivity contribution in [1.82, 2.24) is 14.5 Å². The molecule has 0 saturated carbocycles. The van der Waals surface area contributed by atoms with E-state index in [0.29, 0.717) is 24.8 Å². The van der Waals surface area contributed by atoms with Crippen LogP contribution in [-0.2, 0) is 11.3 Å². The van der Waals surface area contributed by atoms with Crippen LogP contribution in [0.5, 0.6) is 5.19 Å². The number of hydrogen-bond donors (Lipinski definition) is 0. The van der Waals surface area contributed by atoms with Gasteiger partial charge in [-0.1, -0.05) is 29.5 Å². The lowest BCUT2D eigenvalue weighted by Crippen LogP contribution is -2.56. The normalized spacial score (nSPS) is 15.0. The Hall–Kier alpha value is -2.34. The van der Waals surface area contributed by atoms with Crippen LogP contribution in [0.3, 0.4) is 0 Å². The highest BCUT2D eigenvalue weighted by Crippen LogP contribution is 2.21. The zero-order valence-electron chi connectivity index (χ0n) is 11.9. The monoisotopic (exact) mass is 313 g/mol. The van der Waals surface area contributed by atoms with Gasteiger partial charge in [0.05, 0.1) is 13.1 Å². The van der Waals surface area contributed by atoms with Gasteiger partial charge in [-0.05, 0) is 17.5 Å². The van der Waals surface area contributed by atoms with Crippen LogP contribution in [0.4, 0.5) is 0 Å². The molecule has 3 aromatic rings. The summed E-state index contributed by atoms with van der Waals surface area (Å²) in [7, 11) is 0. The number of rotatable bonds is 4. The summed E-state index contributed by atoms with van der Waals surface area (Å²) < 4.78 is 7.68. The van der Waals surface area contributed by atoms with Gasteiger partial charge in [0.25, 0.3) is 5.19 Å². The molecule has 1 saturated heterocycles. The van der Waals surface area contributed by atoms with E-state index < -0.39 is 0 Å². The molecular weight excluding hydrogens is 298 g/mol. The molecule has 1 amide bonds. The van der Waals surface area contributed by atoms with Crippen molar-refractivity contribution < 1.29 is 9.53 Å². The number of likely N-dealkylation sites (tertiary alicyclic amines) is 1. The molecule has 2 aromatic heterocycles. The first kappa shape index (κ1) is 13.3. The molecule has 0 N–H and O–H groups in total. The van der Waals surface area contributed by atoms with Gasteiger partial charge in [-0.15, -0.1) is 0 Å². The van der Waals surface area contributed by atoms with Gasteiger partial charge in [-0.25, -0.2) is 4.98 Å². The Bertz CT molecular complexity index is 791. The Labute approximate surface area is 131 Å². The molecule has 0 atom stereocenters. The summed E-state index contributed by atoms with van der Waals surface area (Å²) in [6.07, 6.45) is 3.75. The molecule has 0 unspecified atom stereocenters. The molecule has 6 heteroatoms. The predicted molar refractivity (Wildman–Crippen MR) is 85.0 cm³/mol. The van der Waals surface area contributed by atoms with Crippen molar-refractivity contribution in [3.8, 4) is 5.19 Å². The molecule has 0 spiro atoms. The van der Waals surface area contributed by atoms with E-state index in [0.717, 1.165) is 10.9 Å². The summed E-state index contributed by atoms with van der Waals surface area (Å²) in [5, 5.41) is 3.71. The predicted octanol–water partition coefficient (Wildman–Crippen LogP) is 2.39. The van der Waals surface area contributed by atoms with Crippen molar-refractivity contribution in [3.05, 3.63) is 48.1 Å². The van der Waals surface area contributed by atoms with Gasteiger partial charge >= 0.3 is 0 Å². The van der Waals surface area contributed by atoms with Crippen LogP contribution in [0.25, 0.3) is 10.9 Å². The lowest BCUT2D eigenvalue weighted by Gasteiger charge is -2.38. The summed E-state index contributed by atoms with van der Waals surface area (Å²) >= 11 is 1.47. The van der Waals surface area contributed by atoms with Crippen LogP contribution >= 0.6 is 11.3 Å². The average Bonchev–Trinajstić information content (AvgIpc) is 3.12. The smallest absolute Gasteiger partial charge is 0.273 e. The first-order chi connectivity index (χ1) is 10.8. The van der Waals surface area contributed by atoms with Crippen LogP contribution in [0.1, 0.15) is 0 Å². The van der Waals surface area contributed by atoms with E-state index in [1.165, 1.54) is 11.3 Å². The minimum Gasteiger partial charge on any atom is -0.463 e. The van der Waals surface area contributed by atoms with Crippen LogP contribution in [-0.4, -0.2) is 39.6 Å². The van der Waals surface area contributed by atoms with E-state index in [1.807, 2.05) is 45.3 Å². The zero-order chi connectivity index (χ0) is 14.9. The molecule has 1 fully saturated rings. The standard InChI is InChI=1S/C16H15N3O2S/c20-15(11-18-7-5-12-3-1-2-4-14(12)18)19-9-13(10-19)21-16-17-6-8-22-16/h1-8,13H,9-11H2. The molecule has 0 aliphatic carbocycles. The van der Waals surface area contributed by atoms with Crippen LogP contribution < -0.4 is 4.74 Å². The maximum absolute atomic E-state index is 12.3. The second-order valence-electron chi connectivity index (χ2n) is 5.34. The van der Waals surface area contributed by atoms with E-state index in [2.05, 4.69) is 11.1 Å². The molecule has 1 aliphatic heterocycles. The molecule has 5 nitrogen and oxygen atoms in total. The fraction of sp³-hybridized carbons (Fsp3) is 0.250. The Morgan fingerprint density at radius 1 is 1.32 bits per heavy atom. The van der Waals surface area contributed by atoms with Gasteiger partial charge in [0.15, 0.2) is 0 Å². The van der Waals surface area contributed by atoms with Gasteiger partial charge in [-0.3, -0.25) is 4.79 Å². The third kappa shape index (κ3) is 2.46. The fourth-order valence-corrected chi connectivity index (χ4v) is 3.20. The minimum atomic E-state index is 0.0662. The summed E-state index contributed by atoms with van der Waals surface area (Å²) in [6.45, 7) is 1.65. The number of para-hydroxylation sites is 1. The number of ether oxygens (including phenoxy) is 1. The van der Waals surface area contributed by atoms with Crippen molar-refractivity contribution in [2.45, 2.75) is 12.6 Å². The summed E-state index contributed by atoms with van der Waals surface area (Å²) in [6, 6.07) is 10.1. The highest BCUT2D eigenvalue weighted by molar-refractivity contribution is 7.11. The van der Waals surface area contributed by atoms with Crippen molar-refractivity contribution >= 4 is 28.1 Å². The molecule has 1 aliphatic rings. The number of carbonyl (C=O) groups excluding carboxylic acids is 1. The SMILES string of the molecule is O=C(Cn1ccc2ccccc21)N1CC(Oc2nccs2)C1. The molecule has 3 heterocycles. The summed E-state index contributed by atoms with van der Waals surface area (Å²) in [5.41, 5.74) is 1.09. The molecule has 4 rings (SSSR count). The van der Waals surface area contributed by atoms with E-state index in [9.17, 15) is 4.79 Å². The molecule has 0 radical (unpaired) electrons. The van der Waals surface area contributed by atoms with Crippen molar-refractivity contribution in [2.75, 3.05) is 13.1 Å². The first-order valence-corrected chi connectivity index (χ1v) is 8.05. The number of fused-ring (bicyclic) bond motifs is 1. The van der Waals surface area contributed by atoms with Crippen LogP contribution in [0.2, 0.25) is 0 Å². The topological polar surface area (TPSA) is 47.4 Å². The lowest BCUT2D eigenvalue weighted by atomic mass is 10.1. The average molecular weight is 313 g/mol. The number of nitrogens with zero attached hydrogens (tertiary/aromatic N) is 3. The third-order valence-corrected chi connectivity index (χ3v) is 4.52. The number of carbonyl (C=O) groups is 1. The van der Waals surface area contributed by atoms with E-state index in [-0.39, 0.29) is 12.0 Å². The Morgan fingerprint density at radius 3 is 3.00 bits per heavy atom. The molecule has 1 aromatic carbocycles. The number of thiazole rings is 1. The zero-order valence-corrected chi connectivity index (χ0v) is 12.7. The van der Waals surface area contributed by atoms with Gasteiger partial charge in [0, 0.05) is 23.3 Å². The molecule has 22 heavy (non-hydrogen) atoms. The number of benzene rings is 1. The second kappa shape index (κ2) is 5.46. The number of hydrogen-bond acceptors (Lipinski definition) is 4. The minimum absolute atomic E-state index is 0.0662. The van der Waals surface area contributed by atoms with Gasteiger partial charge in [-0.2, -0.15) is 0 Å². The van der Waals surface area contributed by atoms with Gasteiger partial charge < -0.3 is 14.2 Å².